The van der Waals surface area contributed by atoms with Gasteiger partial charge in [0.25, 0.3) is 0 Å². The van der Waals surface area contributed by atoms with E-state index in [0.29, 0.717) is 16.0 Å². The molecule has 0 aliphatic heterocycles. The van der Waals surface area contributed by atoms with Crippen LogP contribution in [0.4, 0.5) is 17.1 Å². The molecule has 0 atom stereocenters. The Morgan fingerprint density at radius 1 is 1.04 bits per heavy atom. The standard InChI is InChI=1S/C18H18N4O4S/c1-9-5-11-7-10(2)17(18(24)16(11)13(19)6-9)22-21-14-8-12(27-26-25-20)3-4-15(14)23/h3-8,23-24H,19-20H2,1-2H3. The van der Waals surface area contributed by atoms with Gasteiger partial charge in [-0.25, -0.2) is 0 Å². The topological polar surface area (TPSA) is 136 Å². The molecule has 0 spiro atoms. The van der Waals surface area contributed by atoms with Crippen molar-refractivity contribution in [2.24, 2.45) is 16.1 Å². The summed E-state index contributed by atoms with van der Waals surface area (Å²) in [4.78, 5) is 4.63. The highest BCUT2D eigenvalue weighted by atomic mass is 32.2. The van der Waals surface area contributed by atoms with Gasteiger partial charge in [0.15, 0.2) is 5.75 Å². The van der Waals surface area contributed by atoms with Crippen LogP contribution in [0.2, 0.25) is 0 Å². The quantitative estimate of drug-likeness (QED) is 0.164. The van der Waals surface area contributed by atoms with Crippen LogP contribution < -0.4 is 11.6 Å². The van der Waals surface area contributed by atoms with Crippen LogP contribution in [-0.2, 0) is 9.32 Å². The molecular weight excluding hydrogens is 368 g/mol. The van der Waals surface area contributed by atoms with E-state index in [9.17, 15) is 10.2 Å². The van der Waals surface area contributed by atoms with Crippen molar-refractivity contribution in [3.05, 3.63) is 47.5 Å². The van der Waals surface area contributed by atoms with Gasteiger partial charge in [-0.15, -0.1) is 19.6 Å². The Balaban J connectivity index is 2.04. The first-order valence-corrected chi connectivity index (χ1v) is 8.62. The van der Waals surface area contributed by atoms with Crippen molar-refractivity contribution in [2.75, 3.05) is 5.73 Å². The van der Waals surface area contributed by atoms with Gasteiger partial charge >= 0.3 is 0 Å². The smallest absolute Gasteiger partial charge is 0.153 e. The third-order valence-electron chi connectivity index (χ3n) is 3.92. The number of nitrogens with two attached hydrogens (primary N) is 2. The third-order valence-corrected chi connectivity index (χ3v) is 4.52. The molecule has 0 saturated heterocycles. The summed E-state index contributed by atoms with van der Waals surface area (Å²) in [7, 11) is 0. The number of aromatic hydroxyl groups is 2. The van der Waals surface area contributed by atoms with Gasteiger partial charge < -0.3 is 15.9 Å². The van der Waals surface area contributed by atoms with Crippen molar-refractivity contribution in [3.8, 4) is 11.5 Å². The molecule has 0 bridgehead atoms. The van der Waals surface area contributed by atoms with Crippen molar-refractivity contribution >= 4 is 39.9 Å². The van der Waals surface area contributed by atoms with Crippen LogP contribution in [0.15, 0.2) is 51.5 Å². The monoisotopic (exact) mass is 386 g/mol. The molecule has 0 aromatic heterocycles. The molecule has 0 fully saturated rings. The fourth-order valence-corrected chi connectivity index (χ4v) is 3.16. The number of anilines is 1. The van der Waals surface area contributed by atoms with Crippen molar-refractivity contribution in [2.45, 2.75) is 18.7 Å². The molecule has 6 N–H and O–H groups in total. The number of phenolic OH excluding ortho intramolecular Hbond substituents is 2. The van der Waals surface area contributed by atoms with E-state index in [4.69, 9.17) is 11.6 Å². The Hall–Kier alpha value is -2.85. The van der Waals surface area contributed by atoms with Crippen LogP contribution in [0.1, 0.15) is 11.1 Å². The molecule has 8 nitrogen and oxygen atoms in total. The second kappa shape index (κ2) is 7.80. The van der Waals surface area contributed by atoms with Crippen LogP contribution in [0, 0.1) is 13.8 Å². The predicted octanol–water partition coefficient (Wildman–Crippen LogP) is 4.69. The maximum Gasteiger partial charge on any atom is 0.153 e. The van der Waals surface area contributed by atoms with Gasteiger partial charge in [0.1, 0.15) is 17.1 Å². The summed E-state index contributed by atoms with van der Waals surface area (Å²) in [5, 5.41) is 30.2. The first-order chi connectivity index (χ1) is 12.9. The minimum Gasteiger partial charge on any atom is -0.506 e. The Labute approximate surface area is 159 Å². The van der Waals surface area contributed by atoms with E-state index in [0.717, 1.165) is 28.6 Å². The van der Waals surface area contributed by atoms with Gasteiger partial charge in [-0.1, -0.05) is 6.07 Å². The Bertz CT molecular complexity index is 1040. The van der Waals surface area contributed by atoms with E-state index in [-0.39, 0.29) is 22.9 Å². The molecule has 140 valence electrons. The summed E-state index contributed by atoms with van der Waals surface area (Å²) < 4.78 is 4.57. The highest BCUT2D eigenvalue weighted by Crippen LogP contribution is 2.42. The molecule has 0 aliphatic rings. The number of azo groups is 1. The minimum atomic E-state index is -0.0789. The summed E-state index contributed by atoms with van der Waals surface area (Å²) in [6.07, 6.45) is 0. The molecule has 3 rings (SSSR count). The summed E-state index contributed by atoms with van der Waals surface area (Å²) in [5.74, 6) is 4.67. The molecular formula is C18H18N4O4S. The van der Waals surface area contributed by atoms with Crippen molar-refractivity contribution in [1.29, 1.82) is 0 Å². The van der Waals surface area contributed by atoms with Gasteiger partial charge in [0.05, 0.1) is 12.0 Å². The second-order valence-electron chi connectivity index (χ2n) is 5.94. The van der Waals surface area contributed by atoms with E-state index in [1.165, 1.54) is 12.1 Å². The fraction of sp³-hybridized carbons (Fsp3) is 0.111. The van der Waals surface area contributed by atoms with Crippen LogP contribution in [0.3, 0.4) is 0 Å². The largest absolute Gasteiger partial charge is 0.506 e. The van der Waals surface area contributed by atoms with Gasteiger partial charge in [0, 0.05) is 16.0 Å². The lowest BCUT2D eigenvalue weighted by Gasteiger charge is -2.11. The van der Waals surface area contributed by atoms with Gasteiger partial charge in [0.2, 0.25) is 0 Å². The van der Waals surface area contributed by atoms with Gasteiger partial charge in [-0.05, 0) is 60.7 Å². The molecule has 0 aliphatic carbocycles. The summed E-state index contributed by atoms with van der Waals surface area (Å²) >= 11 is 0.851. The number of nitrogen functional groups attached to an aromatic ring is 1. The molecule has 27 heavy (non-hydrogen) atoms. The number of fused-ring (bicyclic) bond motifs is 1. The Kier molecular flexibility index (Phi) is 5.47. The third kappa shape index (κ3) is 3.96. The molecule has 3 aromatic carbocycles. The number of aryl methyl sites for hydroxylation is 2. The lowest BCUT2D eigenvalue weighted by Crippen LogP contribution is -1.93. The number of benzene rings is 3. The number of phenols is 2. The molecule has 0 radical (unpaired) electrons. The lowest BCUT2D eigenvalue weighted by atomic mass is 10.0. The first-order valence-electron chi connectivity index (χ1n) is 7.88. The minimum absolute atomic E-state index is 0.0591. The predicted molar refractivity (Wildman–Crippen MR) is 104 cm³/mol. The van der Waals surface area contributed by atoms with E-state index in [1.54, 1.807) is 12.1 Å². The number of hydrogen-bond acceptors (Lipinski definition) is 9. The van der Waals surface area contributed by atoms with Gasteiger partial charge in [-0.2, -0.15) is 5.90 Å². The molecule has 0 heterocycles. The normalized spacial score (nSPS) is 11.5. The van der Waals surface area contributed by atoms with Crippen LogP contribution in [-0.4, -0.2) is 10.2 Å². The average molecular weight is 386 g/mol. The van der Waals surface area contributed by atoms with E-state index in [2.05, 4.69) is 19.6 Å². The summed E-state index contributed by atoms with van der Waals surface area (Å²) in [6, 6.07) is 10.2. The molecule has 9 heteroatoms. The van der Waals surface area contributed by atoms with E-state index in [1.807, 2.05) is 26.0 Å². The maximum atomic E-state index is 10.7. The molecule has 0 saturated carbocycles. The lowest BCUT2D eigenvalue weighted by molar-refractivity contribution is -0.195. The average Bonchev–Trinajstić information content (AvgIpc) is 2.60. The number of rotatable bonds is 5. The SMILES string of the molecule is Cc1cc(N)c2c(O)c(N=Nc3cc(SOON)ccc3O)c(C)cc2c1. The molecule has 0 unspecified atom stereocenters. The highest BCUT2D eigenvalue weighted by molar-refractivity contribution is 7.94. The second-order valence-corrected chi connectivity index (χ2v) is 6.72. The van der Waals surface area contributed by atoms with Crippen LogP contribution in [0.25, 0.3) is 10.8 Å². The number of hydrogen-bond donors (Lipinski definition) is 4. The highest BCUT2D eigenvalue weighted by Gasteiger charge is 2.13. The summed E-state index contributed by atoms with van der Waals surface area (Å²) in [5.41, 5.74) is 8.70. The zero-order valence-electron chi connectivity index (χ0n) is 14.6. The Morgan fingerprint density at radius 3 is 2.56 bits per heavy atom. The zero-order valence-corrected chi connectivity index (χ0v) is 15.4. The van der Waals surface area contributed by atoms with Crippen LogP contribution in [0.5, 0.6) is 11.5 Å². The van der Waals surface area contributed by atoms with Crippen molar-refractivity contribution in [3.63, 3.8) is 0 Å². The first kappa shape index (κ1) is 18.9. The zero-order chi connectivity index (χ0) is 19.6. The Morgan fingerprint density at radius 2 is 1.81 bits per heavy atom. The maximum absolute atomic E-state index is 10.7. The van der Waals surface area contributed by atoms with Crippen molar-refractivity contribution < 1.29 is 19.5 Å². The summed E-state index contributed by atoms with van der Waals surface area (Å²) in [6.45, 7) is 3.74. The van der Waals surface area contributed by atoms with Gasteiger partial charge in [-0.3, -0.25) is 0 Å². The molecule has 3 aromatic rings. The fourth-order valence-electron chi connectivity index (χ4n) is 2.76. The van der Waals surface area contributed by atoms with E-state index >= 15 is 0 Å². The van der Waals surface area contributed by atoms with Crippen molar-refractivity contribution in [1.82, 2.24) is 0 Å². The number of nitrogens with zero attached hydrogens (tertiary/aromatic N) is 2. The van der Waals surface area contributed by atoms with E-state index < -0.39 is 0 Å². The molecule has 0 amide bonds. The van der Waals surface area contributed by atoms with Crippen LogP contribution >= 0.6 is 12.0 Å².